The highest BCUT2D eigenvalue weighted by atomic mass is 16.5. The molecular formula is C17H19N3O3. The molecule has 0 unspecified atom stereocenters. The SMILES string of the molecule is CCCC(=O)Nc1ccc(NC(=O)c2ccccc2OC)nc1. The van der Waals surface area contributed by atoms with Crippen LogP contribution in [-0.2, 0) is 4.79 Å². The number of carbonyl (C=O) groups excluding carboxylic acids is 2. The minimum atomic E-state index is -0.308. The van der Waals surface area contributed by atoms with Gasteiger partial charge < -0.3 is 15.4 Å². The molecule has 1 aromatic heterocycles. The first-order valence-electron chi connectivity index (χ1n) is 7.34. The van der Waals surface area contributed by atoms with Crippen LogP contribution in [0, 0.1) is 0 Å². The Hall–Kier alpha value is -2.89. The lowest BCUT2D eigenvalue weighted by molar-refractivity contribution is -0.116. The van der Waals surface area contributed by atoms with Crippen molar-refractivity contribution in [3.8, 4) is 5.75 Å². The van der Waals surface area contributed by atoms with Gasteiger partial charge in [0.15, 0.2) is 0 Å². The summed E-state index contributed by atoms with van der Waals surface area (Å²) in [6, 6.07) is 10.3. The summed E-state index contributed by atoms with van der Waals surface area (Å²) < 4.78 is 5.16. The lowest BCUT2D eigenvalue weighted by Crippen LogP contribution is -2.14. The zero-order chi connectivity index (χ0) is 16.7. The highest BCUT2D eigenvalue weighted by Gasteiger charge is 2.12. The summed E-state index contributed by atoms with van der Waals surface area (Å²) >= 11 is 0. The Bertz CT molecular complexity index is 684. The number of aromatic nitrogens is 1. The van der Waals surface area contributed by atoms with Crippen molar-refractivity contribution in [2.45, 2.75) is 19.8 Å². The fraction of sp³-hybridized carbons (Fsp3) is 0.235. The van der Waals surface area contributed by atoms with Gasteiger partial charge in [0, 0.05) is 6.42 Å². The molecule has 2 N–H and O–H groups in total. The van der Waals surface area contributed by atoms with Gasteiger partial charge in [-0.1, -0.05) is 19.1 Å². The predicted molar refractivity (Wildman–Crippen MR) is 88.7 cm³/mol. The van der Waals surface area contributed by atoms with Gasteiger partial charge in [-0.05, 0) is 30.7 Å². The Balaban J connectivity index is 2.03. The number of amides is 2. The van der Waals surface area contributed by atoms with E-state index < -0.39 is 0 Å². The van der Waals surface area contributed by atoms with Crippen LogP contribution in [0.15, 0.2) is 42.6 Å². The van der Waals surface area contributed by atoms with E-state index in [1.54, 1.807) is 36.4 Å². The molecule has 23 heavy (non-hydrogen) atoms. The summed E-state index contributed by atoms with van der Waals surface area (Å²) in [6.07, 6.45) is 2.75. The van der Waals surface area contributed by atoms with E-state index in [0.29, 0.717) is 29.2 Å². The minimum Gasteiger partial charge on any atom is -0.496 e. The highest BCUT2D eigenvalue weighted by Crippen LogP contribution is 2.19. The molecule has 2 aromatic rings. The summed E-state index contributed by atoms with van der Waals surface area (Å²) in [4.78, 5) is 27.9. The molecule has 0 saturated heterocycles. The first-order chi connectivity index (χ1) is 11.1. The van der Waals surface area contributed by atoms with E-state index in [1.807, 2.05) is 6.92 Å². The standard InChI is InChI=1S/C17H19N3O3/c1-3-6-16(21)19-12-9-10-15(18-11-12)20-17(22)13-7-4-5-8-14(13)23-2/h4-5,7-11H,3,6H2,1-2H3,(H,19,21)(H,18,20,22). The monoisotopic (exact) mass is 313 g/mol. The number of carbonyl (C=O) groups is 2. The first kappa shape index (κ1) is 16.5. The molecule has 0 atom stereocenters. The number of para-hydroxylation sites is 1. The number of benzene rings is 1. The Morgan fingerprint density at radius 3 is 2.57 bits per heavy atom. The first-order valence-corrected chi connectivity index (χ1v) is 7.34. The fourth-order valence-corrected chi connectivity index (χ4v) is 2.01. The maximum absolute atomic E-state index is 12.2. The summed E-state index contributed by atoms with van der Waals surface area (Å²) in [7, 11) is 1.51. The predicted octanol–water partition coefficient (Wildman–Crippen LogP) is 3.08. The molecule has 0 aliphatic heterocycles. The van der Waals surface area contributed by atoms with E-state index >= 15 is 0 Å². The molecule has 6 heteroatoms. The molecule has 0 aliphatic carbocycles. The lowest BCUT2D eigenvalue weighted by Gasteiger charge is -2.09. The summed E-state index contributed by atoms with van der Waals surface area (Å²) in [5, 5.41) is 5.44. The smallest absolute Gasteiger partial charge is 0.260 e. The molecule has 6 nitrogen and oxygen atoms in total. The second-order valence-corrected chi connectivity index (χ2v) is 4.88. The normalized spacial score (nSPS) is 10.0. The number of anilines is 2. The van der Waals surface area contributed by atoms with Gasteiger partial charge >= 0.3 is 0 Å². The van der Waals surface area contributed by atoms with Gasteiger partial charge in [-0.15, -0.1) is 0 Å². The van der Waals surface area contributed by atoms with Crippen molar-refractivity contribution in [2.75, 3.05) is 17.7 Å². The quantitative estimate of drug-likeness (QED) is 0.859. The molecule has 0 bridgehead atoms. The van der Waals surface area contributed by atoms with Gasteiger partial charge in [0.2, 0.25) is 5.91 Å². The number of nitrogens with one attached hydrogen (secondary N) is 2. The van der Waals surface area contributed by atoms with Crippen molar-refractivity contribution in [1.82, 2.24) is 4.98 Å². The molecule has 0 spiro atoms. The lowest BCUT2D eigenvalue weighted by atomic mass is 10.2. The molecule has 1 heterocycles. The Morgan fingerprint density at radius 1 is 1.13 bits per heavy atom. The third kappa shape index (κ3) is 4.54. The molecule has 0 saturated carbocycles. The van der Waals surface area contributed by atoms with Crippen LogP contribution in [0.4, 0.5) is 11.5 Å². The van der Waals surface area contributed by atoms with E-state index in [9.17, 15) is 9.59 Å². The van der Waals surface area contributed by atoms with Crippen molar-refractivity contribution in [3.05, 3.63) is 48.2 Å². The molecule has 2 amide bonds. The van der Waals surface area contributed by atoms with Gasteiger partial charge in [-0.3, -0.25) is 9.59 Å². The number of nitrogens with zero attached hydrogens (tertiary/aromatic N) is 1. The number of hydrogen-bond acceptors (Lipinski definition) is 4. The van der Waals surface area contributed by atoms with Crippen LogP contribution < -0.4 is 15.4 Å². The number of rotatable bonds is 6. The molecular weight excluding hydrogens is 294 g/mol. The second kappa shape index (κ2) is 7.93. The van der Waals surface area contributed by atoms with Gasteiger partial charge in [0.05, 0.1) is 24.6 Å². The van der Waals surface area contributed by atoms with Crippen LogP contribution in [0.2, 0.25) is 0 Å². The van der Waals surface area contributed by atoms with Crippen molar-refractivity contribution < 1.29 is 14.3 Å². The molecule has 0 radical (unpaired) electrons. The average Bonchev–Trinajstić information content (AvgIpc) is 2.56. The summed E-state index contributed by atoms with van der Waals surface area (Å²) in [6.45, 7) is 1.94. The van der Waals surface area contributed by atoms with Crippen LogP contribution in [0.25, 0.3) is 0 Å². The Labute approximate surface area is 134 Å². The number of ether oxygens (including phenoxy) is 1. The maximum Gasteiger partial charge on any atom is 0.260 e. The third-order valence-electron chi connectivity index (χ3n) is 3.12. The van der Waals surface area contributed by atoms with Crippen molar-refractivity contribution in [2.24, 2.45) is 0 Å². The topological polar surface area (TPSA) is 80.3 Å². The zero-order valence-electron chi connectivity index (χ0n) is 13.1. The van der Waals surface area contributed by atoms with Crippen LogP contribution in [0.1, 0.15) is 30.1 Å². The molecule has 0 fully saturated rings. The van der Waals surface area contributed by atoms with Crippen molar-refractivity contribution >= 4 is 23.3 Å². The summed E-state index contributed by atoms with van der Waals surface area (Å²) in [5.74, 6) is 0.528. The largest absolute Gasteiger partial charge is 0.496 e. The van der Waals surface area contributed by atoms with Gasteiger partial charge in [-0.2, -0.15) is 0 Å². The minimum absolute atomic E-state index is 0.0555. The van der Waals surface area contributed by atoms with Gasteiger partial charge in [0.1, 0.15) is 11.6 Å². The van der Waals surface area contributed by atoms with E-state index in [4.69, 9.17) is 4.74 Å². The highest BCUT2D eigenvalue weighted by molar-refractivity contribution is 6.05. The number of pyridine rings is 1. The third-order valence-corrected chi connectivity index (χ3v) is 3.12. The average molecular weight is 313 g/mol. The molecule has 0 aliphatic rings. The van der Waals surface area contributed by atoms with Crippen LogP contribution >= 0.6 is 0 Å². The van der Waals surface area contributed by atoms with Crippen molar-refractivity contribution in [1.29, 1.82) is 0 Å². The maximum atomic E-state index is 12.2. The summed E-state index contributed by atoms with van der Waals surface area (Å²) in [5.41, 5.74) is 1.02. The van der Waals surface area contributed by atoms with E-state index in [0.717, 1.165) is 6.42 Å². The number of methoxy groups -OCH3 is 1. The van der Waals surface area contributed by atoms with Crippen LogP contribution in [0.5, 0.6) is 5.75 Å². The van der Waals surface area contributed by atoms with Crippen LogP contribution in [0.3, 0.4) is 0 Å². The van der Waals surface area contributed by atoms with Gasteiger partial charge in [0.25, 0.3) is 5.91 Å². The Morgan fingerprint density at radius 2 is 1.91 bits per heavy atom. The fourth-order valence-electron chi connectivity index (χ4n) is 2.01. The second-order valence-electron chi connectivity index (χ2n) is 4.88. The number of hydrogen-bond donors (Lipinski definition) is 2. The van der Waals surface area contributed by atoms with Gasteiger partial charge in [-0.25, -0.2) is 4.98 Å². The zero-order valence-corrected chi connectivity index (χ0v) is 13.1. The van der Waals surface area contributed by atoms with E-state index in [-0.39, 0.29) is 11.8 Å². The van der Waals surface area contributed by atoms with Crippen molar-refractivity contribution in [3.63, 3.8) is 0 Å². The molecule has 120 valence electrons. The van der Waals surface area contributed by atoms with E-state index in [2.05, 4.69) is 15.6 Å². The molecule has 1 aromatic carbocycles. The van der Waals surface area contributed by atoms with Crippen LogP contribution in [-0.4, -0.2) is 23.9 Å². The Kier molecular flexibility index (Phi) is 5.68. The molecule has 2 rings (SSSR count). The van der Waals surface area contributed by atoms with E-state index in [1.165, 1.54) is 13.3 Å².